The lowest BCUT2D eigenvalue weighted by molar-refractivity contribution is -0.142. The Hall–Kier alpha value is -1.52. The zero-order valence-electron chi connectivity index (χ0n) is 7.90. The van der Waals surface area contributed by atoms with Gasteiger partial charge in [0.2, 0.25) is 11.7 Å². The first-order chi connectivity index (χ1) is 5.99. The van der Waals surface area contributed by atoms with E-state index in [1.165, 1.54) is 19.0 Å². The molecule has 1 amide bonds. The van der Waals surface area contributed by atoms with Crippen molar-refractivity contribution in [3.63, 3.8) is 0 Å². The van der Waals surface area contributed by atoms with Crippen molar-refractivity contribution in [2.24, 2.45) is 0 Å². The van der Waals surface area contributed by atoms with Crippen LogP contribution in [-0.4, -0.2) is 42.6 Å². The fourth-order valence-electron chi connectivity index (χ4n) is 0.510. The van der Waals surface area contributed by atoms with Crippen LogP contribution in [0.4, 0.5) is 0 Å². The van der Waals surface area contributed by atoms with Crippen molar-refractivity contribution in [2.75, 3.05) is 20.7 Å². The second kappa shape index (κ2) is 5.18. The summed E-state index contributed by atoms with van der Waals surface area (Å²) in [6, 6.07) is 0. The second-order valence-corrected chi connectivity index (χ2v) is 2.48. The predicted molar refractivity (Wildman–Crippen MR) is 46.0 cm³/mol. The Morgan fingerprint density at radius 1 is 1.46 bits per heavy atom. The van der Waals surface area contributed by atoms with Gasteiger partial charge in [-0.15, -0.1) is 0 Å². The quantitative estimate of drug-likeness (QED) is 0.386. The lowest BCUT2D eigenvalue weighted by atomic mass is 10.4. The number of carbonyl (C=O) groups excluding carboxylic acids is 2. The molecule has 0 atom stereocenters. The molecule has 0 fully saturated rings. The number of carbonyl (C=O) groups is 2. The van der Waals surface area contributed by atoms with Crippen LogP contribution < -0.4 is 0 Å². The molecular formula is C8H13NO4. The number of aliphatic hydroxyl groups is 1. The summed E-state index contributed by atoms with van der Waals surface area (Å²) >= 11 is 0. The van der Waals surface area contributed by atoms with Crippen LogP contribution in [0.1, 0.15) is 6.92 Å². The minimum Gasteiger partial charge on any atom is -0.502 e. The number of rotatable bonds is 3. The number of likely N-dealkylation sites (N-methyl/N-ethyl adjacent to an activating group) is 1. The maximum absolute atomic E-state index is 10.9. The number of esters is 1. The zero-order valence-corrected chi connectivity index (χ0v) is 7.90. The Morgan fingerprint density at radius 2 is 2.00 bits per heavy atom. The van der Waals surface area contributed by atoms with Crippen LogP contribution in [0.5, 0.6) is 0 Å². The molecular weight excluding hydrogens is 174 g/mol. The van der Waals surface area contributed by atoms with Crippen molar-refractivity contribution in [2.45, 2.75) is 6.92 Å². The monoisotopic (exact) mass is 187 g/mol. The van der Waals surface area contributed by atoms with E-state index in [-0.39, 0.29) is 6.61 Å². The molecule has 0 spiro atoms. The molecule has 0 aromatic heterocycles. The van der Waals surface area contributed by atoms with E-state index in [2.05, 4.69) is 4.74 Å². The fourth-order valence-corrected chi connectivity index (χ4v) is 0.510. The Morgan fingerprint density at radius 3 is 2.38 bits per heavy atom. The summed E-state index contributed by atoms with van der Waals surface area (Å²) in [6.07, 6.45) is 0.817. The van der Waals surface area contributed by atoms with E-state index in [0.29, 0.717) is 0 Å². The van der Waals surface area contributed by atoms with Crippen molar-refractivity contribution in [1.82, 2.24) is 4.90 Å². The summed E-state index contributed by atoms with van der Waals surface area (Å²) in [5.41, 5.74) is 0. The molecule has 0 aromatic carbocycles. The molecule has 0 radical (unpaired) electrons. The van der Waals surface area contributed by atoms with Gasteiger partial charge in [0.25, 0.3) is 0 Å². The molecule has 0 aliphatic carbocycles. The lowest BCUT2D eigenvalue weighted by Gasteiger charge is -2.06. The van der Waals surface area contributed by atoms with Crippen LogP contribution in [0.15, 0.2) is 11.8 Å². The Kier molecular flexibility index (Phi) is 4.58. The topological polar surface area (TPSA) is 66.8 Å². The Labute approximate surface area is 76.6 Å². The molecule has 0 aromatic rings. The van der Waals surface area contributed by atoms with E-state index in [9.17, 15) is 9.59 Å². The Balaban J connectivity index is 4.31. The molecule has 0 bridgehead atoms. The molecule has 13 heavy (non-hydrogen) atoms. The third-order valence-corrected chi connectivity index (χ3v) is 1.19. The standard InChI is InChI=1S/C8H13NO4/c1-4-13-8(12)6(10)5-7(11)9(2)3/h5,10H,4H2,1-3H3. The van der Waals surface area contributed by atoms with Crippen molar-refractivity contribution < 1.29 is 19.4 Å². The molecule has 0 rings (SSSR count). The van der Waals surface area contributed by atoms with Gasteiger partial charge in [0.05, 0.1) is 12.7 Å². The summed E-state index contributed by atoms with van der Waals surface area (Å²) < 4.78 is 4.46. The normalized spacial score (nSPS) is 10.8. The molecule has 5 heteroatoms. The van der Waals surface area contributed by atoms with Crippen LogP contribution in [0.2, 0.25) is 0 Å². The summed E-state index contributed by atoms with van der Waals surface area (Å²) in [4.78, 5) is 23.0. The average molecular weight is 187 g/mol. The van der Waals surface area contributed by atoms with Crippen molar-refractivity contribution in [3.05, 3.63) is 11.8 Å². The number of amides is 1. The Bertz CT molecular complexity index is 232. The van der Waals surface area contributed by atoms with Crippen LogP contribution >= 0.6 is 0 Å². The van der Waals surface area contributed by atoms with Gasteiger partial charge in [-0.3, -0.25) is 4.79 Å². The van der Waals surface area contributed by atoms with Crippen LogP contribution in [-0.2, 0) is 14.3 Å². The highest BCUT2D eigenvalue weighted by Gasteiger charge is 2.11. The molecule has 74 valence electrons. The van der Waals surface area contributed by atoms with Crippen LogP contribution in [0.25, 0.3) is 0 Å². The van der Waals surface area contributed by atoms with Crippen molar-refractivity contribution >= 4 is 11.9 Å². The molecule has 0 aliphatic heterocycles. The SMILES string of the molecule is CCOC(=O)C(O)=CC(=O)N(C)C. The van der Waals surface area contributed by atoms with Gasteiger partial charge in [-0.05, 0) is 6.92 Å². The van der Waals surface area contributed by atoms with Crippen molar-refractivity contribution in [3.8, 4) is 0 Å². The average Bonchev–Trinajstić information content (AvgIpc) is 2.04. The van der Waals surface area contributed by atoms with Gasteiger partial charge >= 0.3 is 5.97 Å². The van der Waals surface area contributed by atoms with Gasteiger partial charge in [0.1, 0.15) is 0 Å². The van der Waals surface area contributed by atoms with E-state index in [0.717, 1.165) is 6.08 Å². The van der Waals surface area contributed by atoms with Crippen molar-refractivity contribution in [1.29, 1.82) is 0 Å². The first kappa shape index (κ1) is 11.5. The highest BCUT2D eigenvalue weighted by molar-refractivity contribution is 5.96. The van der Waals surface area contributed by atoms with Gasteiger partial charge < -0.3 is 14.7 Å². The minimum atomic E-state index is -0.891. The maximum atomic E-state index is 10.9. The number of aliphatic hydroxyl groups excluding tert-OH is 1. The minimum absolute atomic E-state index is 0.160. The van der Waals surface area contributed by atoms with Gasteiger partial charge in [-0.1, -0.05) is 0 Å². The summed E-state index contributed by atoms with van der Waals surface area (Å²) in [6.45, 7) is 1.77. The van der Waals surface area contributed by atoms with Gasteiger partial charge in [-0.2, -0.15) is 0 Å². The van der Waals surface area contributed by atoms with E-state index < -0.39 is 17.6 Å². The first-order valence-corrected chi connectivity index (χ1v) is 3.78. The van der Waals surface area contributed by atoms with Crippen LogP contribution in [0, 0.1) is 0 Å². The fraction of sp³-hybridized carbons (Fsp3) is 0.500. The van der Waals surface area contributed by atoms with Gasteiger partial charge in [-0.25, -0.2) is 4.79 Å². The van der Waals surface area contributed by atoms with E-state index in [4.69, 9.17) is 5.11 Å². The smallest absolute Gasteiger partial charge is 0.373 e. The van der Waals surface area contributed by atoms with E-state index in [1.54, 1.807) is 6.92 Å². The zero-order chi connectivity index (χ0) is 10.4. The molecule has 0 heterocycles. The number of hydrogen-bond acceptors (Lipinski definition) is 4. The number of ether oxygens (including phenoxy) is 1. The molecule has 1 N–H and O–H groups in total. The molecule has 0 aliphatic rings. The molecule has 0 saturated carbocycles. The lowest BCUT2D eigenvalue weighted by Crippen LogP contribution is -2.21. The molecule has 0 unspecified atom stereocenters. The highest BCUT2D eigenvalue weighted by Crippen LogP contribution is 1.94. The molecule has 0 saturated heterocycles. The third-order valence-electron chi connectivity index (χ3n) is 1.19. The third kappa shape index (κ3) is 4.15. The second-order valence-electron chi connectivity index (χ2n) is 2.48. The van der Waals surface area contributed by atoms with E-state index in [1.807, 2.05) is 0 Å². The largest absolute Gasteiger partial charge is 0.502 e. The summed E-state index contributed by atoms with van der Waals surface area (Å²) in [7, 11) is 3.02. The van der Waals surface area contributed by atoms with E-state index >= 15 is 0 Å². The van der Waals surface area contributed by atoms with Gasteiger partial charge in [0.15, 0.2) is 0 Å². The molecule has 5 nitrogen and oxygen atoms in total. The highest BCUT2D eigenvalue weighted by atomic mass is 16.5. The number of hydrogen-bond donors (Lipinski definition) is 1. The summed E-state index contributed by atoms with van der Waals surface area (Å²) in [5.74, 6) is -2.04. The van der Waals surface area contributed by atoms with Gasteiger partial charge in [0, 0.05) is 14.1 Å². The first-order valence-electron chi connectivity index (χ1n) is 3.78. The number of nitrogens with zero attached hydrogens (tertiary/aromatic N) is 1. The summed E-state index contributed by atoms with van der Waals surface area (Å²) in [5, 5.41) is 9.01. The predicted octanol–water partition coefficient (Wildman–Crippen LogP) is 0.0796. The van der Waals surface area contributed by atoms with Crippen LogP contribution in [0.3, 0.4) is 0 Å². The maximum Gasteiger partial charge on any atom is 0.373 e.